The zero-order valence-corrected chi connectivity index (χ0v) is 86.5. The largest absolute Gasteiger partial charge is 0.497 e. The zero-order chi connectivity index (χ0) is 101. The van der Waals surface area contributed by atoms with E-state index in [1.807, 2.05) is 137 Å². The number of likely N-dealkylation sites (tertiary alicyclic amines) is 4. The first-order chi connectivity index (χ1) is 70.9. The summed E-state index contributed by atoms with van der Waals surface area (Å²) in [6.45, 7) is 23.8. The van der Waals surface area contributed by atoms with Gasteiger partial charge in [-0.1, -0.05) is 163 Å². The number of aromatic nitrogens is 4. The maximum atomic E-state index is 10.8. The van der Waals surface area contributed by atoms with Crippen LogP contribution in [0.4, 0.5) is 0 Å². The van der Waals surface area contributed by atoms with E-state index in [0.29, 0.717) is 143 Å². The van der Waals surface area contributed by atoms with Gasteiger partial charge in [-0.15, -0.1) is 43.1 Å². The van der Waals surface area contributed by atoms with Gasteiger partial charge in [0, 0.05) is 72.3 Å². The molecule has 6 aliphatic heterocycles. The summed E-state index contributed by atoms with van der Waals surface area (Å²) in [5, 5.41) is 71.5. The quantitative estimate of drug-likeness (QED) is 0.0339. The highest BCUT2D eigenvalue weighted by Crippen LogP contribution is 2.44. The van der Waals surface area contributed by atoms with Gasteiger partial charge in [0.15, 0.2) is 11.5 Å². The highest BCUT2D eigenvalue weighted by molar-refractivity contribution is 7.22. The van der Waals surface area contributed by atoms with Crippen LogP contribution in [0.2, 0.25) is 10.0 Å². The average molecular weight is 2050 g/mol. The van der Waals surface area contributed by atoms with Gasteiger partial charge < -0.3 is 90.9 Å². The van der Waals surface area contributed by atoms with Crippen LogP contribution in [0.15, 0.2) is 264 Å². The predicted molar refractivity (Wildman–Crippen MR) is 580 cm³/mol. The number of methoxy groups -OCH3 is 1. The van der Waals surface area contributed by atoms with Gasteiger partial charge in [0.1, 0.15) is 104 Å². The second-order valence-electron chi connectivity index (χ2n) is 40.4. The number of halogens is 2. The van der Waals surface area contributed by atoms with E-state index in [1.165, 1.54) is 54.6 Å². The third-order valence-electron chi connectivity index (χ3n) is 28.3. The second kappa shape index (κ2) is 45.6. The lowest BCUT2D eigenvalue weighted by Gasteiger charge is -2.33. The number of benzene rings is 11. The van der Waals surface area contributed by atoms with Crippen molar-refractivity contribution in [2.75, 3.05) is 125 Å². The maximum absolute atomic E-state index is 10.8. The predicted octanol–water partition coefficient (Wildman–Crippen LogP) is 23.7. The van der Waals surface area contributed by atoms with Gasteiger partial charge in [0.05, 0.1) is 48.8 Å². The molecular formula is C117H124Cl2N10O15S2. The van der Waals surface area contributed by atoms with Crippen LogP contribution in [0.3, 0.4) is 0 Å². The Morgan fingerprint density at radius 2 is 0.692 bits per heavy atom. The first kappa shape index (κ1) is 101. The normalized spacial score (nSPS) is 17.6. The van der Waals surface area contributed by atoms with Crippen LogP contribution in [-0.2, 0) is 9.47 Å². The van der Waals surface area contributed by atoms with Crippen molar-refractivity contribution in [3.8, 4) is 50.3 Å². The number of β-amino-alcohol motifs (C(OH)–C–C–N with tert-alkyl or cyclic N) is 4. The molecule has 146 heavy (non-hydrogen) atoms. The summed E-state index contributed by atoms with van der Waals surface area (Å²) in [6.07, 6.45) is 6.36. The number of rotatable bonds is 29. The third-order valence-corrected chi connectivity index (χ3v) is 31.2. The number of ether oxygens (including phenoxy) is 7. The molecule has 23 rings (SSSR count). The van der Waals surface area contributed by atoms with E-state index in [-0.39, 0.29) is 37.5 Å². The number of furan rings is 2. The molecule has 11 aromatic carbocycles. The minimum atomic E-state index is -0.596. The lowest BCUT2D eigenvalue weighted by Crippen LogP contribution is -2.40. The topological polar surface area (TPSA) is 287 Å². The standard InChI is InChI=1S/C31H34N2O4.C30H31N3O4S.C29H29N3O3S.C27H30Cl2N2O4/c1-31(2)20-36-30(32-31)29-17-26-27(8-5-9-28(26)37-29)35-19-25(34)18-33-14-12-22(13-15-33)24-11-10-21-6-3-4-7-23(21)16-24;1-19-31-32-30(37-19)29-16-26-27(4-3-5-28(26)38-29)36-18-24(34)17-33-12-10-20(11-13-33)21-6-7-23-15-25(35-2)9-8-22(23)14-21;1-19-30-31-29(35-19)28-16-25-26(7-4-8-27(25)36-28)34-18-24(33)17-32-13-11-21(12-14-32)23-10-9-20-5-2-3-6-22(20)15-23;1-27(2)16-34-26(30-27)25-13-20-23(4-3-5-24(20)35-25)33-15-19(32)14-31-10-8-17(9-11-31)18-6-7-21(28)22(29)12-18/h3-11,16-17,22,25,34H,12-15,18-20H2,1-2H3;3-9,14-16,20,24,34H,10-13,17-18H2,1-2H3;2-10,15-16,21,24,33H,11-14,17-18H2,1H3;3-7,12-13,17,19,32H,8-11,14-16H2,1-2H3/t25-;2*24-;19-/m0000/s1. The number of fused-ring (bicyclic) bond motifs is 7. The Kier molecular flexibility index (Phi) is 31.5. The molecule has 25 nitrogen and oxygen atoms in total. The van der Waals surface area contributed by atoms with E-state index in [1.54, 1.807) is 43.6 Å². The highest BCUT2D eigenvalue weighted by Gasteiger charge is 2.34. The molecule has 6 aliphatic rings. The van der Waals surface area contributed by atoms with Gasteiger partial charge >= 0.3 is 0 Å². The van der Waals surface area contributed by atoms with Crippen LogP contribution in [0.5, 0.6) is 28.7 Å². The molecule has 758 valence electrons. The summed E-state index contributed by atoms with van der Waals surface area (Å²) < 4.78 is 66.3. The maximum Gasteiger partial charge on any atom is 0.257 e. The molecule has 17 aromatic rings. The second-order valence-corrected chi connectivity index (χ2v) is 43.4. The molecule has 0 aliphatic carbocycles. The lowest BCUT2D eigenvalue weighted by molar-refractivity contribution is 0.0598. The van der Waals surface area contributed by atoms with Gasteiger partial charge in [-0.05, 0) is 295 Å². The summed E-state index contributed by atoms with van der Waals surface area (Å²) in [5.41, 5.74) is 6.39. The molecule has 4 fully saturated rings. The SMILES string of the molecule is CC1(C)COC(c2cc3c(OC[C@@H](O)CN4CCC(c5ccc(Cl)c(Cl)c5)CC4)cccc3o2)=N1.CC1(C)COC(c2cc3c(OC[C@@H](O)CN4CCC(c5ccc6ccccc6c5)CC4)cccc3o2)=N1.COc1ccc2cc(C3CCN(C[C@H](O)COc4cccc5sc(-c6nnc(C)o6)cc45)CC3)ccc2c1.Cc1nnc(-c2cc3c(OC[C@@H](O)CN4CCC(c5ccc6ccccc6c5)CC4)cccc3s2)o1. The van der Waals surface area contributed by atoms with Crippen molar-refractivity contribution in [1.29, 1.82) is 0 Å². The summed E-state index contributed by atoms with van der Waals surface area (Å²) in [4.78, 5) is 20.4. The first-order valence-corrected chi connectivity index (χ1v) is 53.1. The molecule has 0 spiro atoms. The van der Waals surface area contributed by atoms with E-state index in [9.17, 15) is 20.4 Å². The van der Waals surface area contributed by atoms with Crippen LogP contribution in [0.1, 0.15) is 148 Å². The van der Waals surface area contributed by atoms with Crippen LogP contribution in [0.25, 0.3) is 96.0 Å². The van der Waals surface area contributed by atoms with Crippen LogP contribution in [0, 0.1) is 13.8 Å². The van der Waals surface area contributed by atoms with Crippen LogP contribution < -0.4 is 23.7 Å². The first-order valence-electron chi connectivity index (χ1n) is 50.7. The minimum absolute atomic E-state index is 0.205. The van der Waals surface area contributed by atoms with E-state index < -0.39 is 24.4 Å². The minimum Gasteiger partial charge on any atom is -0.497 e. The number of aliphatic imine (C=N–C) groups is 2. The lowest BCUT2D eigenvalue weighted by atomic mass is 9.88. The molecule has 12 heterocycles. The monoisotopic (exact) mass is 2040 g/mol. The highest BCUT2D eigenvalue weighted by atomic mass is 35.5. The van der Waals surface area contributed by atoms with Crippen molar-refractivity contribution in [3.05, 3.63) is 292 Å². The Labute approximate surface area is 867 Å². The van der Waals surface area contributed by atoms with Crippen molar-refractivity contribution < 1.29 is 71.3 Å². The van der Waals surface area contributed by atoms with Gasteiger partial charge in [0.2, 0.25) is 11.8 Å². The number of nitrogens with zero attached hydrogens (tertiary/aromatic N) is 10. The smallest absolute Gasteiger partial charge is 0.257 e. The number of hydrogen-bond donors (Lipinski definition) is 4. The molecule has 4 atom stereocenters. The number of aliphatic hydroxyl groups excluding tert-OH is 4. The Morgan fingerprint density at radius 3 is 1.05 bits per heavy atom. The fourth-order valence-electron chi connectivity index (χ4n) is 20.5. The molecule has 0 unspecified atom stereocenters. The molecule has 6 aromatic heterocycles. The summed E-state index contributed by atoms with van der Waals surface area (Å²) in [5.74, 6) is 10.3. The van der Waals surface area contributed by atoms with Gasteiger partial charge in [0.25, 0.3) is 23.6 Å². The number of aryl methyl sites for hydroxylation is 2. The molecule has 0 saturated carbocycles. The Balaban J connectivity index is 0.000000118. The van der Waals surface area contributed by atoms with Crippen molar-refractivity contribution in [1.82, 2.24) is 40.0 Å². The number of aliphatic hydroxyl groups is 4. The van der Waals surface area contributed by atoms with Crippen molar-refractivity contribution in [2.24, 2.45) is 9.98 Å². The van der Waals surface area contributed by atoms with E-state index >= 15 is 0 Å². The molecule has 29 heteroatoms. The Hall–Kier alpha value is -12.3. The number of hydrogen-bond acceptors (Lipinski definition) is 27. The van der Waals surface area contributed by atoms with E-state index in [4.69, 9.17) is 74.0 Å². The Morgan fingerprint density at radius 1 is 0.356 bits per heavy atom. The fourth-order valence-corrected chi connectivity index (χ4v) is 22.8. The number of piperidine rings is 4. The van der Waals surface area contributed by atoms with Crippen molar-refractivity contribution >= 4 is 132 Å². The molecule has 0 amide bonds. The van der Waals surface area contributed by atoms with E-state index in [2.05, 4.69) is 177 Å². The number of thiophene rings is 2. The van der Waals surface area contributed by atoms with Gasteiger partial charge in [-0.25, -0.2) is 9.98 Å². The molecule has 0 bridgehead atoms. The third kappa shape index (κ3) is 24.9. The van der Waals surface area contributed by atoms with Crippen LogP contribution in [-0.4, -0.2) is 233 Å². The molecule has 4 saturated heterocycles. The van der Waals surface area contributed by atoms with Crippen molar-refractivity contribution in [2.45, 2.75) is 152 Å². The summed E-state index contributed by atoms with van der Waals surface area (Å²) in [7, 11) is 1.70. The summed E-state index contributed by atoms with van der Waals surface area (Å²) >= 11 is 15.4. The van der Waals surface area contributed by atoms with Crippen molar-refractivity contribution in [3.63, 3.8) is 0 Å². The molecule has 0 radical (unpaired) electrons. The fraction of sp³-hybridized carbons (Fsp3) is 0.368. The molecule has 4 N–H and O–H groups in total. The zero-order valence-electron chi connectivity index (χ0n) is 83.3. The van der Waals surface area contributed by atoms with Gasteiger partial charge in [-0.2, -0.15) is 0 Å². The average Bonchev–Trinajstić information content (AvgIpc) is 1.65. The Bertz CT molecular complexity index is 7450. The van der Waals surface area contributed by atoms with E-state index in [0.717, 1.165) is 162 Å². The van der Waals surface area contributed by atoms with Crippen LogP contribution >= 0.6 is 45.9 Å². The van der Waals surface area contributed by atoms with Gasteiger partial charge in [-0.3, -0.25) is 0 Å². The summed E-state index contributed by atoms with van der Waals surface area (Å²) in [6, 6.07) is 80.8. The molecular weight excluding hydrogens is 1920 g/mol.